The predicted octanol–water partition coefficient (Wildman–Crippen LogP) is 2.21. The molecule has 1 N–H and O–H groups in total. The highest BCUT2D eigenvalue weighted by atomic mass is 16.5. The third-order valence-electron chi connectivity index (χ3n) is 3.30. The molecule has 0 bridgehead atoms. The van der Waals surface area contributed by atoms with Crippen molar-refractivity contribution in [3.05, 3.63) is 0 Å². The van der Waals surface area contributed by atoms with Gasteiger partial charge in [0.1, 0.15) is 12.9 Å². The first-order chi connectivity index (χ1) is 8.25. The van der Waals surface area contributed by atoms with Gasteiger partial charge in [0, 0.05) is 12.6 Å². The van der Waals surface area contributed by atoms with Crippen molar-refractivity contribution in [1.29, 1.82) is 0 Å². The molecular weight excluding hydrogens is 214 g/mol. The summed E-state index contributed by atoms with van der Waals surface area (Å²) in [7, 11) is 0. The maximum absolute atomic E-state index is 5.30. The van der Waals surface area contributed by atoms with Crippen LogP contribution in [0.1, 0.15) is 46.5 Å². The van der Waals surface area contributed by atoms with Gasteiger partial charge in [0.15, 0.2) is 6.40 Å². The van der Waals surface area contributed by atoms with Gasteiger partial charge in [-0.05, 0) is 39.7 Å². The largest absolute Gasteiger partial charge is 0.468 e. The summed E-state index contributed by atoms with van der Waals surface area (Å²) < 4.78 is 5.30. The summed E-state index contributed by atoms with van der Waals surface area (Å²) >= 11 is 0. The highest BCUT2D eigenvalue weighted by Crippen LogP contribution is 2.19. The molecule has 2 atom stereocenters. The molecular formula is C13H27N3O. The Bertz CT molecular complexity index is 221. The van der Waals surface area contributed by atoms with Gasteiger partial charge < -0.3 is 4.74 Å². The Balaban J connectivity index is 2.18. The molecule has 1 aliphatic heterocycles. The molecule has 1 rings (SSSR count). The minimum atomic E-state index is 0.233. The van der Waals surface area contributed by atoms with Gasteiger partial charge >= 0.3 is 0 Å². The molecule has 100 valence electrons. The summed E-state index contributed by atoms with van der Waals surface area (Å²) in [5.74, 6) is 0. The minimum absolute atomic E-state index is 0.233. The standard InChI is InChI=1S/C13H27N3O/c1-4-8-14-10-17-11-15-13(3)16-9-6-5-7-12(16)2/h11-14H,4-10H2,1-3H3. The van der Waals surface area contributed by atoms with Crippen molar-refractivity contribution >= 4 is 6.40 Å². The van der Waals surface area contributed by atoms with Crippen LogP contribution in [0.4, 0.5) is 0 Å². The summed E-state index contributed by atoms with van der Waals surface area (Å²) in [5.41, 5.74) is 0. The Hall–Kier alpha value is -0.610. The molecule has 0 radical (unpaired) electrons. The van der Waals surface area contributed by atoms with E-state index in [0.717, 1.165) is 19.5 Å². The van der Waals surface area contributed by atoms with Gasteiger partial charge in [0.25, 0.3) is 0 Å². The lowest BCUT2D eigenvalue weighted by atomic mass is 10.0. The van der Waals surface area contributed by atoms with Crippen LogP contribution in [0.25, 0.3) is 0 Å². The van der Waals surface area contributed by atoms with E-state index in [4.69, 9.17) is 4.74 Å². The van der Waals surface area contributed by atoms with Gasteiger partial charge in [-0.25, -0.2) is 4.99 Å². The molecule has 0 amide bonds. The highest BCUT2D eigenvalue weighted by molar-refractivity contribution is 5.46. The number of ether oxygens (including phenoxy) is 1. The van der Waals surface area contributed by atoms with Crippen molar-refractivity contribution in [1.82, 2.24) is 10.2 Å². The number of hydrogen-bond donors (Lipinski definition) is 1. The van der Waals surface area contributed by atoms with E-state index in [1.54, 1.807) is 6.40 Å². The quantitative estimate of drug-likeness (QED) is 0.321. The Morgan fingerprint density at radius 2 is 2.35 bits per heavy atom. The number of likely N-dealkylation sites (tertiary alicyclic amines) is 1. The molecule has 0 spiro atoms. The van der Waals surface area contributed by atoms with E-state index in [-0.39, 0.29) is 6.17 Å². The molecule has 0 aliphatic carbocycles. The van der Waals surface area contributed by atoms with Crippen molar-refractivity contribution in [2.24, 2.45) is 4.99 Å². The van der Waals surface area contributed by atoms with Crippen LogP contribution in [-0.2, 0) is 4.74 Å². The van der Waals surface area contributed by atoms with Crippen molar-refractivity contribution in [3.63, 3.8) is 0 Å². The smallest absolute Gasteiger partial charge is 0.173 e. The number of nitrogens with one attached hydrogen (secondary N) is 1. The number of hydrogen-bond acceptors (Lipinski definition) is 4. The third-order valence-corrected chi connectivity index (χ3v) is 3.30. The van der Waals surface area contributed by atoms with Crippen molar-refractivity contribution in [3.8, 4) is 0 Å². The summed E-state index contributed by atoms with van der Waals surface area (Å²) in [6.45, 7) is 9.27. The Labute approximate surface area is 105 Å². The van der Waals surface area contributed by atoms with Gasteiger partial charge in [0.05, 0.1) is 0 Å². The normalized spacial score (nSPS) is 24.1. The van der Waals surface area contributed by atoms with Crippen LogP contribution < -0.4 is 5.32 Å². The molecule has 1 fully saturated rings. The molecule has 2 unspecified atom stereocenters. The number of nitrogens with zero attached hydrogens (tertiary/aromatic N) is 2. The monoisotopic (exact) mass is 241 g/mol. The topological polar surface area (TPSA) is 36.9 Å². The first-order valence-electron chi connectivity index (χ1n) is 6.85. The van der Waals surface area contributed by atoms with Crippen molar-refractivity contribution in [2.75, 3.05) is 19.8 Å². The second-order valence-corrected chi connectivity index (χ2v) is 4.78. The van der Waals surface area contributed by atoms with Crippen LogP contribution in [0.5, 0.6) is 0 Å². The van der Waals surface area contributed by atoms with Crippen LogP contribution in [0, 0.1) is 0 Å². The zero-order valence-corrected chi connectivity index (χ0v) is 11.5. The summed E-state index contributed by atoms with van der Waals surface area (Å²) in [6, 6.07) is 0.647. The average Bonchev–Trinajstić information content (AvgIpc) is 2.34. The second kappa shape index (κ2) is 8.48. The second-order valence-electron chi connectivity index (χ2n) is 4.78. The zero-order valence-electron chi connectivity index (χ0n) is 11.5. The Morgan fingerprint density at radius 1 is 1.53 bits per heavy atom. The van der Waals surface area contributed by atoms with E-state index in [0.29, 0.717) is 12.8 Å². The number of piperidine rings is 1. The molecule has 4 heteroatoms. The first kappa shape index (κ1) is 14.5. The van der Waals surface area contributed by atoms with Gasteiger partial charge in [-0.15, -0.1) is 0 Å². The Kier molecular flexibility index (Phi) is 7.21. The SMILES string of the molecule is CCCNCOC=NC(C)N1CCCCC1C. The maximum atomic E-state index is 5.30. The molecule has 1 saturated heterocycles. The maximum Gasteiger partial charge on any atom is 0.173 e. The van der Waals surface area contributed by atoms with E-state index in [2.05, 4.69) is 36.0 Å². The van der Waals surface area contributed by atoms with Crippen LogP contribution in [0.15, 0.2) is 4.99 Å². The third kappa shape index (κ3) is 5.50. The summed E-state index contributed by atoms with van der Waals surface area (Å²) in [4.78, 5) is 6.88. The summed E-state index contributed by atoms with van der Waals surface area (Å²) in [5, 5.41) is 3.17. The molecule has 0 aromatic carbocycles. The molecule has 17 heavy (non-hydrogen) atoms. The zero-order chi connectivity index (χ0) is 12.5. The van der Waals surface area contributed by atoms with Crippen molar-refractivity contribution in [2.45, 2.75) is 58.7 Å². The van der Waals surface area contributed by atoms with Crippen LogP contribution in [-0.4, -0.2) is 43.3 Å². The lowest BCUT2D eigenvalue weighted by Crippen LogP contribution is -2.42. The van der Waals surface area contributed by atoms with Crippen LogP contribution in [0.3, 0.4) is 0 Å². The molecule has 4 nitrogen and oxygen atoms in total. The lowest BCUT2D eigenvalue weighted by molar-refractivity contribution is 0.117. The predicted molar refractivity (Wildman–Crippen MR) is 72.2 cm³/mol. The fourth-order valence-corrected chi connectivity index (χ4v) is 2.24. The molecule has 0 aromatic heterocycles. The number of aliphatic imine (C=N–C) groups is 1. The lowest BCUT2D eigenvalue weighted by Gasteiger charge is -2.35. The minimum Gasteiger partial charge on any atom is -0.468 e. The van der Waals surface area contributed by atoms with E-state index in [9.17, 15) is 0 Å². The molecule has 0 aromatic rings. The van der Waals surface area contributed by atoms with Gasteiger partial charge in [-0.2, -0.15) is 0 Å². The van der Waals surface area contributed by atoms with E-state index >= 15 is 0 Å². The molecule has 1 aliphatic rings. The fourth-order valence-electron chi connectivity index (χ4n) is 2.24. The van der Waals surface area contributed by atoms with E-state index in [1.165, 1.54) is 19.3 Å². The Morgan fingerprint density at radius 3 is 3.06 bits per heavy atom. The summed E-state index contributed by atoms with van der Waals surface area (Å²) in [6.07, 6.45) is 6.89. The van der Waals surface area contributed by atoms with Crippen LogP contribution >= 0.6 is 0 Å². The number of rotatable bonds is 7. The molecule has 0 saturated carbocycles. The highest BCUT2D eigenvalue weighted by Gasteiger charge is 2.22. The average molecular weight is 241 g/mol. The van der Waals surface area contributed by atoms with Gasteiger partial charge in [-0.1, -0.05) is 13.3 Å². The fraction of sp³-hybridized carbons (Fsp3) is 0.923. The first-order valence-corrected chi connectivity index (χ1v) is 6.85. The van der Waals surface area contributed by atoms with Gasteiger partial charge in [0.2, 0.25) is 0 Å². The van der Waals surface area contributed by atoms with Crippen LogP contribution in [0.2, 0.25) is 0 Å². The van der Waals surface area contributed by atoms with Crippen molar-refractivity contribution < 1.29 is 4.74 Å². The van der Waals surface area contributed by atoms with Gasteiger partial charge in [-0.3, -0.25) is 10.2 Å². The van der Waals surface area contributed by atoms with E-state index < -0.39 is 0 Å². The molecule has 1 heterocycles. The van der Waals surface area contributed by atoms with E-state index in [1.807, 2.05) is 0 Å².